The fourth-order valence-electron chi connectivity index (χ4n) is 3.61. The Morgan fingerprint density at radius 1 is 1.18 bits per heavy atom. The van der Waals surface area contributed by atoms with Gasteiger partial charge in [-0.15, -0.1) is 24.0 Å². The normalized spacial score (nSPS) is 25.1. The molecule has 4 heteroatoms. The Balaban J connectivity index is 0.00000176. The van der Waals surface area contributed by atoms with Crippen LogP contribution < -0.4 is 5.32 Å². The smallest absolute Gasteiger partial charge is 0.194 e. The van der Waals surface area contributed by atoms with E-state index in [-0.39, 0.29) is 24.0 Å². The van der Waals surface area contributed by atoms with E-state index < -0.39 is 0 Å². The van der Waals surface area contributed by atoms with E-state index in [4.69, 9.17) is 4.99 Å². The molecule has 0 amide bonds. The first-order valence-corrected chi connectivity index (χ1v) is 8.18. The Bertz CT molecular complexity index is 535. The molecule has 0 bridgehead atoms. The lowest BCUT2D eigenvalue weighted by atomic mass is 9.95. The van der Waals surface area contributed by atoms with Crippen molar-refractivity contribution < 1.29 is 0 Å². The van der Waals surface area contributed by atoms with E-state index in [0.717, 1.165) is 25.0 Å². The Labute approximate surface area is 151 Å². The highest BCUT2D eigenvalue weighted by Gasteiger charge is 2.33. The lowest BCUT2D eigenvalue weighted by Gasteiger charge is -2.36. The molecule has 22 heavy (non-hydrogen) atoms. The van der Waals surface area contributed by atoms with Crippen LogP contribution in [-0.4, -0.2) is 30.0 Å². The number of aliphatic imine (C=N–C) groups is 1. The lowest BCUT2D eigenvalue weighted by Crippen LogP contribution is -2.48. The van der Waals surface area contributed by atoms with Crippen molar-refractivity contribution in [2.45, 2.75) is 52.6 Å². The van der Waals surface area contributed by atoms with Crippen molar-refractivity contribution in [2.24, 2.45) is 10.9 Å². The molecular formula is C18H28IN3. The van der Waals surface area contributed by atoms with Crippen molar-refractivity contribution in [3.8, 4) is 0 Å². The van der Waals surface area contributed by atoms with Crippen LogP contribution in [0.5, 0.6) is 0 Å². The van der Waals surface area contributed by atoms with Gasteiger partial charge in [0.1, 0.15) is 0 Å². The molecule has 3 atom stereocenters. The van der Waals surface area contributed by atoms with Gasteiger partial charge in [-0.25, -0.2) is 0 Å². The van der Waals surface area contributed by atoms with Crippen LogP contribution in [0.1, 0.15) is 49.4 Å². The van der Waals surface area contributed by atoms with Gasteiger partial charge in [0.25, 0.3) is 0 Å². The maximum atomic E-state index is 4.76. The molecule has 1 saturated heterocycles. The van der Waals surface area contributed by atoms with Gasteiger partial charge in [-0.2, -0.15) is 0 Å². The van der Waals surface area contributed by atoms with Crippen molar-refractivity contribution in [3.63, 3.8) is 0 Å². The summed E-state index contributed by atoms with van der Waals surface area (Å²) in [5.41, 5.74) is 4.01. The summed E-state index contributed by atoms with van der Waals surface area (Å²) in [5, 5.41) is 3.65. The topological polar surface area (TPSA) is 27.6 Å². The first kappa shape index (κ1) is 17.6. The fraction of sp³-hybridized carbons (Fsp3) is 0.611. The zero-order valence-electron chi connectivity index (χ0n) is 14.1. The minimum Gasteiger partial charge on any atom is -0.350 e. The van der Waals surface area contributed by atoms with Crippen molar-refractivity contribution >= 4 is 29.9 Å². The quantitative estimate of drug-likeness (QED) is 0.742. The maximum Gasteiger partial charge on any atom is 0.194 e. The zero-order valence-corrected chi connectivity index (χ0v) is 16.4. The van der Waals surface area contributed by atoms with Crippen LogP contribution in [0, 0.1) is 19.8 Å². The maximum absolute atomic E-state index is 4.76. The molecule has 3 unspecified atom stereocenters. The predicted molar refractivity (Wildman–Crippen MR) is 104 cm³/mol. The van der Waals surface area contributed by atoms with Gasteiger partial charge in [0.05, 0.1) is 18.6 Å². The summed E-state index contributed by atoms with van der Waals surface area (Å²) in [5.74, 6) is 1.89. The number of hydrogen-bond donors (Lipinski definition) is 1. The highest BCUT2D eigenvalue weighted by molar-refractivity contribution is 14.0. The molecule has 1 fully saturated rings. The molecule has 122 valence electrons. The standard InChI is InChI=1S/C18H27N3.HI/c1-12-5-6-17-10-19-18(21(17)11-12)20-15(4)16-8-13(2)7-14(3)9-16;/h7-9,12,15,17H,5-6,10-11H2,1-4H3,(H,19,20);1H. The minimum atomic E-state index is 0. The van der Waals surface area contributed by atoms with Gasteiger partial charge in [-0.05, 0) is 45.1 Å². The van der Waals surface area contributed by atoms with Crippen LogP contribution in [-0.2, 0) is 0 Å². The Morgan fingerprint density at radius 2 is 1.86 bits per heavy atom. The number of nitrogens with zero attached hydrogens (tertiary/aromatic N) is 2. The van der Waals surface area contributed by atoms with Gasteiger partial charge in [0.2, 0.25) is 0 Å². The third kappa shape index (κ3) is 3.76. The summed E-state index contributed by atoms with van der Waals surface area (Å²) < 4.78 is 0. The first-order valence-electron chi connectivity index (χ1n) is 8.18. The minimum absolute atomic E-state index is 0. The van der Waals surface area contributed by atoms with E-state index in [9.17, 15) is 0 Å². The van der Waals surface area contributed by atoms with E-state index in [2.05, 4.69) is 56.1 Å². The van der Waals surface area contributed by atoms with E-state index in [1.54, 1.807) is 0 Å². The van der Waals surface area contributed by atoms with Crippen LogP contribution >= 0.6 is 24.0 Å². The highest BCUT2D eigenvalue weighted by atomic mass is 127. The Kier molecular flexibility index (Phi) is 5.75. The molecular weight excluding hydrogens is 385 g/mol. The fourth-order valence-corrected chi connectivity index (χ4v) is 3.61. The molecule has 3 nitrogen and oxygen atoms in total. The van der Waals surface area contributed by atoms with Gasteiger partial charge in [-0.3, -0.25) is 4.99 Å². The molecule has 2 heterocycles. The molecule has 0 aliphatic carbocycles. The van der Waals surface area contributed by atoms with Crippen LogP contribution in [0.15, 0.2) is 23.2 Å². The number of aryl methyl sites for hydroxylation is 2. The van der Waals surface area contributed by atoms with Gasteiger partial charge in [0.15, 0.2) is 5.96 Å². The zero-order chi connectivity index (χ0) is 15.0. The van der Waals surface area contributed by atoms with Gasteiger partial charge < -0.3 is 10.2 Å². The van der Waals surface area contributed by atoms with E-state index in [0.29, 0.717) is 12.1 Å². The second-order valence-corrected chi connectivity index (χ2v) is 6.94. The van der Waals surface area contributed by atoms with Crippen LogP contribution in [0.2, 0.25) is 0 Å². The van der Waals surface area contributed by atoms with Crippen LogP contribution in [0.4, 0.5) is 0 Å². The molecule has 2 aliphatic heterocycles. The van der Waals surface area contributed by atoms with Crippen molar-refractivity contribution in [3.05, 3.63) is 34.9 Å². The van der Waals surface area contributed by atoms with E-state index >= 15 is 0 Å². The van der Waals surface area contributed by atoms with Gasteiger partial charge >= 0.3 is 0 Å². The molecule has 1 aromatic carbocycles. The summed E-state index contributed by atoms with van der Waals surface area (Å²) in [7, 11) is 0. The molecule has 0 radical (unpaired) electrons. The molecule has 1 N–H and O–H groups in total. The number of halogens is 1. The van der Waals surface area contributed by atoms with E-state index in [1.165, 1.54) is 29.5 Å². The number of rotatable bonds is 2. The number of fused-ring (bicyclic) bond motifs is 1. The summed E-state index contributed by atoms with van der Waals surface area (Å²) in [4.78, 5) is 7.25. The van der Waals surface area contributed by atoms with Gasteiger partial charge in [-0.1, -0.05) is 36.2 Å². The largest absolute Gasteiger partial charge is 0.350 e. The van der Waals surface area contributed by atoms with Crippen molar-refractivity contribution in [1.82, 2.24) is 10.2 Å². The summed E-state index contributed by atoms with van der Waals surface area (Å²) in [6.45, 7) is 11.0. The SMILES string of the molecule is Cc1cc(C)cc(C(C)NC2=NCC3CCC(C)CN23)c1.I. The molecule has 2 aliphatic rings. The van der Waals surface area contributed by atoms with Crippen LogP contribution in [0.3, 0.4) is 0 Å². The average Bonchev–Trinajstić information content (AvgIpc) is 2.80. The number of hydrogen-bond acceptors (Lipinski definition) is 3. The number of nitrogens with one attached hydrogen (secondary N) is 1. The van der Waals surface area contributed by atoms with Crippen LogP contribution in [0.25, 0.3) is 0 Å². The molecule has 0 aromatic heterocycles. The van der Waals surface area contributed by atoms with Crippen molar-refractivity contribution in [1.29, 1.82) is 0 Å². The highest BCUT2D eigenvalue weighted by Crippen LogP contribution is 2.26. The molecule has 3 rings (SSSR count). The molecule has 0 spiro atoms. The Morgan fingerprint density at radius 3 is 2.55 bits per heavy atom. The van der Waals surface area contributed by atoms with E-state index in [1.807, 2.05) is 0 Å². The van der Waals surface area contributed by atoms with Crippen molar-refractivity contribution in [2.75, 3.05) is 13.1 Å². The van der Waals surface area contributed by atoms with Gasteiger partial charge in [0, 0.05) is 6.54 Å². The summed E-state index contributed by atoms with van der Waals surface area (Å²) in [6, 6.07) is 7.71. The number of benzene rings is 1. The second kappa shape index (κ2) is 7.20. The third-order valence-corrected chi connectivity index (χ3v) is 4.76. The summed E-state index contributed by atoms with van der Waals surface area (Å²) >= 11 is 0. The summed E-state index contributed by atoms with van der Waals surface area (Å²) in [6.07, 6.45) is 2.63. The lowest BCUT2D eigenvalue weighted by molar-refractivity contribution is 0.210. The number of piperidine rings is 1. The second-order valence-electron chi connectivity index (χ2n) is 6.94. The third-order valence-electron chi connectivity index (χ3n) is 4.76. The molecule has 1 aromatic rings. The number of guanidine groups is 1. The predicted octanol–water partition coefficient (Wildman–Crippen LogP) is 4.04. The molecule has 0 saturated carbocycles. The monoisotopic (exact) mass is 413 g/mol. The average molecular weight is 413 g/mol. The Hall–Kier alpha value is -0.780. The first-order chi connectivity index (χ1) is 10.0.